The maximum Gasteiger partial charge on any atom is 0.170 e. The fourth-order valence-corrected chi connectivity index (χ4v) is 7.22. The summed E-state index contributed by atoms with van der Waals surface area (Å²) < 4.78 is 0. The Kier molecular flexibility index (Phi) is 61.5. The van der Waals surface area contributed by atoms with Gasteiger partial charge in [0.2, 0.25) is 0 Å². The highest BCUT2D eigenvalue weighted by molar-refractivity contribution is 5.20. The van der Waals surface area contributed by atoms with Crippen LogP contribution in [0.15, 0.2) is 160 Å². The number of aromatic nitrogens is 32. The summed E-state index contributed by atoms with van der Waals surface area (Å²) in [4.78, 5) is 64.3. The molecule has 0 aliphatic carbocycles. The zero-order valence-corrected chi connectivity index (χ0v) is 77.3. The number of hydrogen-bond acceptors (Lipinski definition) is 32. The lowest BCUT2D eigenvalue weighted by atomic mass is 10.2. The van der Waals surface area contributed by atoms with E-state index in [-0.39, 0.29) is 22.3 Å². The van der Waals surface area contributed by atoms with E-state index in [0.29, 0.717) is 11.6 Å². The molecular weight excluding hydrogens is 1570 g/mol. The molecule has 0 radical (unpaired) electrons. The minimum absolute atomic E-state index is 0. The summed E-state index contributed by atoms with van der Waals surface area (Å²) in [5.74, 6) is 5.76. The minimum Gasteiger partial charge on any atom is -0.261 e. The van der Waals surface area contributed by atoms with E-state index >= 15 is 0 Å². The fraction of sp³-hybridized carbons (Fsp3) is 0.376. The van der Waals surface area contributed by atoms with Gasteiger partial charge in [0, 0.05) is 96.1 Å². The molecule has 15 rings (SSSR count). The van der Waals surface area contributed by atoms with Crippen molar-refractivity contribution in [2.45, 2.75) is 244 Å². The first-order valence-corrected chi connectivity index (χ1v) is 38.8. The molecule has 0 bridgehead atoms. The van der Waals surface area contributed by atoms with Gasteiger partial charge < -0.3 is 0 Å². The van der Waals surface area contributed by atoms with Gasteiger partial charge in [-0.3, -0.25) is 39.9 Å². The van der Waals surface area contributed by atoms with Crippen LogP contribution in [0.4, 0.5) is 0 Å². The topological polar surface area (TPSA) is 412 Å². The number of pyridine rings is 4. The Balaban J connectivity index is -0.00000127. The molecule has 0 saturated carbocycles. The van der Waals surface area contributed by atoms with Gasteiger partial charge in [0.05, 0.1) is 93.1 Å². The Hall–Kier alpha value is -13.9. The van der Waals surface area contributed by atoms with Crippen molar-refractivity contribution in [2.75, 3.05) is 0 Å². The second kappa shape index (κ2) is 66.7. The highest BCUT2D eigenvalue weighted by Crippen LogP contribution is 2.04. The minimum atomic E-state index is 0. The van der Waals surface area contributed by atoms with Crippen LogP contribution in [-0.2, 0) is 0 Å². The van der Waals surface area contributed by atoms with Crippen molar-refractivity contribution in [2.24, 2.45) is 0 Å². The molecule has 15 aromatic rings. The lowest BCUT2D eigenvalue weighted by Gasteiger charge is -1.97. The van der Waals surface area contributed by atoms with E-state index in [2.05, 4.69) is 193 Å². The highest BCUT2D eigenvalue weighted by atomic mass is 15.3. The second-order valence-corrected chi connectivity index (χ2v) is 27.6. The first-order valence-electron chi connectivity index (χ1n) is 38.8. The molecule has 0 aliphatic heterocycles. The van der Waals surface area contributed by atoms with Gasteiger partial charge in [-0.15, -0.1) is 40.8 Å². The Morgan fingerprint density at radius 3 is 0.520 bits per heavy atom. The first-order chi connectivity index (χ1) is 57.6. The molecule has 666 valence electrons. The van der Waals surface area contributed by atoms with Crippen LogP contribution in [0.5, 0.6) is 0 Å². The molecule has 32 heteroatoms. The van der Waals surface area contributed by atoms with E-state index in [1.54, 1.807) is 63.4 Å². The quantitative estimate of drug-likeness (QED) is 0.136. The summed E-state index contributed by atoms with van der Waals surface area (Å²) in [5, 5.41) is 59.9. The molecule has 0 amide bonds. The van der Waals surface area contributed by atoms with Crippen LogP contribution in [0.3, 0.4) is 0 Å². The van der Waals surface area contributed by atoms with Gasteiger partial charge in [-0.05, 0) is 303 Å². The van der Waals surface area contributed by atoms with Crippen LogP contribution in [0.1, 0.15) is 205 Å². The van der Waals surface area contributed by atoms with Gasteiger partial charge in [0.1, 0.15) is 34.9 Å². The van der Waals surface area contributed by atoms with Crippen LogP contribution < -0.4 is 0 Å². The predicted molar refractivity (Wildman–Crippen MR) is 498 cm³/mol. The van der Waals surface area contributed by atoms with Crippen molar-refractivity contribution in [3.05, 3.63) is 342 Å². The molecule has 0 aromatic carbocycles. The van der Waals surface area contributed by atoms with Crippen LogP contribution in [-0.4, -0.2) is 161 Å². The SMILES string of the molecule is C.C.C.Cc1ccc(C)c(C)n1.Cc1ccc(C)nc1.Cc1ccc(C)nc1.Cc1ccc(C)nc1.Cc1ccc(C)nn1.Cc1ccc(C)nn1.Cc1cnc(C)cn1.Cc1cnc(C)cn1.Cc1cnc(C)nc1.Cc1cnc(C)nn1.Cc1cnc(C)nn1.Cc1cnc(C)nn1.Cc1cnc(C)nn1.Cc1ncc(C)c(C)n1.Cc1nnc(C)nn1. The monoisotopic (exact) mass is 1700 g/mol. The average Bonchev–Trinajstić information content (AvgIpc) is 0.903. The summed E-state index contributed by atoms with van der Waals surface area (Å²) in [6.45, 7) is 61.5. The largest absolute Gasteiger partial charge is 0.261 e. The number of hydrogen-bond donors (Lipinski definition) is 0. The zero-order chi connectivity index (χ0) is 91.5. The molecule has 32 nitrogen and oxygen atoms in total. The Labute approximate surface area is 743 Å². The van der Waals surface area contributed by atoms with Crippen LogP contribution in [0.2, 0.25) is 0 Å². The van der Waals surface area contributed by atoms with Gasteiger partial charge >= 0.3 is 0 Å². The van der Waals surface area contributed by atoms with Crippen molar-refractivity contribution in [1.29, 1.82) is 0 Å². The maximum absolute atomic E-state index is 4.27. The van der Waals surface area contributed by atoms with E-state index in [1.165, 1.54) is 22.3 Å². The Morgan fingerprint density at radius 2 is 0.336 bits per heavy atom. The summed E-state index contributed by atoms with van der Waals surface area (Å²) >= 11 is 0. The van der Waals surface area contributed by atoms with E-state index < -0.39 is 0 Å². The average molecular weight is 1700 g/mol. The predicted octanol–water partition coefficient (Wildman–Crippen LogP) is 17.7. The molecule has 0 spiro atoms. The van der Waals surface area contributed by atoms with Gasteiger partial charge in [-0.2, -0.15) is 40.8 Å². The normalized spacial score (nSPS) is 9.09. The number of aryl methyl sites for hydroxylation is 32. The van der Waals surface area contributed by atoms with Gasteiger partial charge in [0.25, 0.3) is 0 Å². The standard InChI is InChI=1S/C8H11N.C7H10N2.3C7H9N.5C6H8N2.4C5H7N3.C4H6N4.3CH4/c1-6-4-5-7(2)9-8(6)3;1-5-4-8-7(3)9-6(5)2;3*1-6-3-4-7(2)8-5-6;2*1-5-3-8-6(2)4-7-5;1-5-3-7-6(2)8-4-5;2*1-5-3-4-6(2)8-7-5;4*1-4-3-6-5(2)8-7-4;1-3-5-7-4(2)8-6-3;;;/h4-5H,1-3H3;4H,1-3H3;3*3-5H,1-2H3;5*3-4H,1-2H3;4*3H,1-2H3;1-2H3;3*1H4. The molecule has 0 saturated heterocycles. The smallest absolute Gasteiger partial charge is 0.170 e. The molecular formula is C93H134N32. The highest BCUT2D eigenvalue weighted by Gasteiger charge is 1.96. The lowest BCUT2D eigenvalue weighted by Crippen LogP contribution is -1.97. The third kappa shape index (κ3) is 63.7. The number of nitrogens with zero attached hydrogens (tertiary/aromatic N) is 32. The molecule has 0 atom stereocenters. The van der Waals surface area contributed by atoms with E-state index in [9.17, 15) is 0 Å². The zero-order valence-electron chi connectivity index (χ0n) is 77.3. The van der Waals surface area contributed by atoms with Crippen molar-refractivity contribution in [3.63, 3.8) is 0 Å². The van der Waals surface area contributed by atoms with Crippen molar-refractivity contribution >= 4 is 0 Å². The lowest BCUT2D eigenvalue weighted by molar-refractivity contribution is 0.767. The summed E-state index contributed by atoms with van der Waals surface area (Å²) in [6.07, 6.45) is 24.9. The summed E-state index contributed by atoms with van der Waals surface area (Å²) in [6, 6.07) is 24.1. The second-order valence-electron chi connectivity index (χ2n) is 27.6. The van der Waals surface area contributed by atoms with Crippen LogP contribution in [0.25, 0.3) is 0 Å². The first kappa shape index (κ1) is 115. The maximum atomic E-state index is 4.27. The third-order valence-corrected chi connectivity index (χ3v) is 14.4. The van der Waals surface area contributed by atoms with Crippen LogP contribution >= 0.6 is 0 Å². The van der Waals surface area contributed by atoms with Crippen molar-refractivity contribution < 1.29 is 0 Å². The molecule has 15 aromatic heterocycles. The van der Waals surface area contributed by atoms with E-state index in [4.69, 9.17) is 0 Å². The molecule has 0 aliphatic rings. The van der Waals surface area contributed by atoms with Gasteiger partial charge in [-0.25, -0.2) is 39.9 Å². The van der Waals surface area contributed by atoms with E-state index in [0.717, 1.165) is 149 Å². The van der Waals surface area contributed by atoms with Gasteiger partial charge in [0.15, 0.2) is 11.6 Å². The van der Waals surface area contributed by atoms with Crippen LogP contribution in [0, 0.1) is 222 Å². The summed E-state index contributed by atoms with van der Waals surface area (Å²) in [5.41, 5.74) is 24.9. The Bertz CT molecular complexity index is 3830. The third-order valence-electron chi connectivity index (χ3n) is 14.4. The summed E-state index contributed by atoms with van der Waals surface area (Å²) in [7, 11) is 0. The van der Waals surface area contributed by atoms with Crippen molar-refractivity contribution in [1.82, 2.24) is 161 Å². The molecule has 0 fully saturated rings. The molecule has 0 unspecified atom stereocenters. The fourth-order valence-electron chi connectivity index (χ4n) is 7.22. The number of rotatable bonds is 0. The Morgan fingerprint density at radius 1 is 0.128 bits per heavy atom. The molecule has 125 heavy (non-hydrogen) atoms. The van der Waals surface area contributed by atoms with Crippen molar-refractivity contribution in [3.8, 4) is 0 Å². The molecule has 0 N–H and O–H groups in total. The molecule has 15 heterocycles. The van der Waals surface area contributed by atoms with E-state index in [1.807, 2.05) is 287 Å². The van der Waals surface area contributed by atoms with Gasteiger partial charge in [-0.1, -0.05) is 46.5 Å².